The van der Waals surface area contributed by atoms with Crippen LogP contribution in [0.1, 0.15) is 104 Å². The van der Waals surface area contributed by atoms with Gasteiger partial charge < -0.3 is 114 Å². The summed E-state index contributed by atoms with van der Waals surface area (Å²) in [6.45, 7) is 23.6. The Morgan fingerprint density at radius 3 is 0.591 bits per heavy atom. The van der Waals surface area contributed by atoms with E-state index < -0.39 is 35.4 Å². The molecule has 110 heavy (non-hydrogen) atoms. The molecule has 4 aromatic rings. The van der Waals surface area contributed by atoms with Crippen LogP contribution in [-0.4, -0.2) is 323 Å². The first-order valence-electron chi connectivity index (χ1n) is 37.5. The molecule has 6 rings (SSSR count). The molecule has 0 saturated heterocycles. The van der Waals surface area contributed by atoms with E-state index in [0.29, 0.717) is 169 Å². The van der Waals surface area contributed by atoms with E-state index in [0.717, 1.165) is 0 Å². The van der Waals surface area contributed by atoms with Crippen molar-refractivity contribution >= 4 is 46.2 Å². The maximum absolute atomic E-state index is 14.7. The third-order valence-electron chi connectivity index (χ3n) is 15.5. The largest absolute Gasteiger partial charge is 0.487 e. The molecule has 2 aliphatic rings. The van der Waals surface area contributed by atoms with Crippen LogP contribution in [0.2, 0.25) is 0 Å². The zero-order valence-corrected chi connectivity index (χ0v) is 64.5. The second kappa shape index (κ2) is 56.6. The number of nitrogens with zero attached hydrogens (tertiary/aromatic N) is 2. The van der Waals surface area contributed by atoms with Gasteiger partial charge in [0.25, 0.3) is 35.4 Å². The number of amides is 6. The number of hydrogen-bond acceptors (Lipinski definition) is 30. The molecule has 34 nitrogen and oxygen atoms in total. The van der Waals surface area contributed by atoms with Crippen LogP contribution >= 0.6 is 0 Å². The van der Waals surface area contributed by atoms with Gasteiger partial charge in [-0.2, -0.15) is 10.0 Å². The maximum Gasteiger partial charge on any atom is 0.280 e. The predicted molar refractivity (Wildman–Crippen MR) is 395 cm³/mol. The third-order valence-corrected chi connectivity index (χ3v) is 15.5. The summed E-state index contributed by atoms with van der Waals surface area (Å²) in [4.78, 5) is 88.2. The predicted octanol–water partition coefficient (Wildman–Crippen LogP) is 5.41. The number of hydrazine groups is 2. The third kappa shape index (κ3) is 32.6. The molecular formula is C76H112N4O30. The Labute approximate surface area is 642 Å². The summed E-state index contributed by atoms with van der Waals surface area (Å²) < 4.78 is 137. The summed E-state index contributed by atoms with van der Waals surface area (Å²) >= 11 is 0. The Kier molecular flexibility index (Phi) is 47.0. The van der Waals surface area contributed by atoms with E-state index in [1.54, 1.807) is 0 Å². The Morgan fingerprint density at radius 1 is 0.245 bits per heavy atom. The molecule has 0 radical (unpaired) electrons. The van der Waals surface area contributed by atoms with Crippen molar-refractivity contribution in [3.8, 4) is 34.5 Å². The van der Waals surface area contributed by atoms with Crippen LogP contribution in [0.4, 0.5) is 0 Å². The summed E-state index contributed by atoms with van der Waals surface area (Å²) in [6, 6.07) is 10.6. The van der Waals surface area contributed by atoms with Crippen molar-refractivity contribution in [1.29, 1.82) is 0 Å². The molecule has 34 heteroatoms. The van der Waals surface area contributed by atoms with Crippen molar-refractivity contribution in [2.75, 3.05) is 277 Å². The van der Waals surface area contributed by atoms with Gasteiger partial charge >= 0.3 is 0 Å². The number of ether oxygens (including phenoxy) is 24. The summed E-state index contributed by atoms with van der Waals surface area (Å²) in [5.41, 5.74) is 4.09. The number of imide groups is 2. The number of nitrogens with one attached hydrogen (secondary N) is 2. The highest BCUT2D eigenvalue weighted by Gasteiger charge is 2.42. The van der Waals surface area contributed by atoms with Gasteiger partial charge in [-0.05, 0) is 90.1 Å². The van der Waals surface area contributed by atoms with Crippen LogP contribution < -0.4 is 39.3 Å². The fourth-order valence-corrected chi connectivity index (χ4v) is 10.3. The first-order valence-corrected chi connectivity index (χ1v) is 37.5. The molecule has 4 aromatic carbocycles. The van der Waals surface area contributed by atoms with Gasteiger partial charge in [-0.1, -0.05) is 0 Å². The molecule has 2 N–H and O–H groups in total. The minimum Gasteiger partial charge on any atom is -0.487 e. The number of rotatable bonds is 70. The first kappa shape index (κ1) is 91.3. The molecule has 0 fully saturated rings. The van der Waals surface area contributed by atoms with E-state index in [1.807, 2.05) is 41.5 Å². The van der Waals surface area contributed by atoms with Gasteiger partial charge in [-0.15, -0.1) is 0 Å². The Morgan fingerprint density at radius 2 is 0.409 bits per heavy atom. The van der Waals surface area contributed by atoms with Gasteiger partial charge in [-0.3, -0.25) is 39.6 Å². The molecular weight excluding hydrogens is 1450 g/mol. The maximum atomic E-state index is 14.7. The van der Waals surface area contributed by atoms with Gasteiger partial charge in [0, 0.05) is 61.5 Å². The Bertz CT molecular complexity index is 2940. The quantitative estimate of drug-likeness (QED) is 0.0412. The lowest BCUT2D eigenvalue weighted by molar-refractivity contribution is 0.00863. The van der Waals surface area contributed by atoms with Gasteiger partial charge in [0.05, 0.1) is 220 Å². The van der Waals surface area contributed by atoms with Crippen molar-refractivity contribution in [3.63, 3.8) is 0 Å². The molecule has 2 heterocycles. The second-order valence-corrected chi connectivity index (χ2v) is 23.1. The fraction of sp³-hybridized carbons (Fsp3) is 0.632. The highest BCUT2D eigenvalue weighted by Crippen LogP contribution is 2.42. The summed E-state index contributed by atoms with van der Waals surface area (Å²) in [6.07, 6.45) is 0. The lowest BCUT2D eigenvalue weighted by Gasteiger charge is -2.31. The molecule has 0 spiro atoms. The van der Waals surface area contributed by atoms with Gasteiger partial charge in [-0.25, -0.2) is 0 Å². The zero-order chi connectivity index (χ0) is 78.4. The molecule has 0 bridgehead atoms. The first-order chi connectivity index (χ1) is 54.0. The minimum absolute atomic E-state index is 0.00132. The molecule has 6 amide bonds. The van der Waals surface area contributed by atoms with E-state index in [-0.39, 0.29) is 198 Å². The standard InChI is InChI=1S/C76H112N4O30/c1-7-87-17-23-93-29-35-99-41-47-105-63-53-57(54-64(106-48-42-100-36-30-94-24-18-88-8-2)69(63)109-51-45-103-39-33-97-27-21-91-11-5)71(81)77-79-73(83)59-13-15-61-68-62(16-14-60(67(59)68)74(79)84)76(86)80(75(61)85)78-72(82)58-55-65(107-49-43-101-37-31-95-25-19-89-9-3)70(110-52-46-104-40-34-98-28-22-92-12-6)66(56-58)108-50-44-102-38-32-96-26-20-90-10-4/h13-16,53-56H,7-12,17-52H2,1-6H3,(H,77,81)(H,78,82). The SMILES string of the molecule is CCOCCOCCOCCOc1cc(C(=O)NN2C(=O)c3ccc4c5c(ccc(c35)C2=O)C(=O)N(NC(=O)c2cc(OCCOCCOCCOCC)c(OCCOCCOCCOCC)c(OCCOCCOCCOCC)c2)C4=O)cc(OCCOCCOCCOCC)c1OCCOCCOCCOCC. The zero-order valence-electron chi connectivity index (χ0n) is 64.5. The van der Waals surface area contributed by atoms with Crippen LogP contribution in [0, 0.1) is 0 Å². The smallest absolute Gasteiger partial charge is 0.280 e. The van der Waals surface area contributed by atoms with E-state index in [4.69, 9.17) is 114 Å². The fourth-order valence-electron chi connectivity index (χ4n) is 10.3. The van der Waals surface area contributed by atoms with E-state index >= 15 is 0 Å². The topological polar surface area (TPSA) is 354 Å². The molecule has 616 valence electrons. The highest BCUT2D eigenvalue weighted by molar-refractivity contribution is 6.33. The van der Waals surface area contributed by atoms with Crippen molar-refractivity contribution in [2.24, 2.45) is 0 Å². The lowest BCUT2D eigenvalue weighted by atomic mass is 9.86. The van der Waals surface area contributed by atoms with E-state index in [1.165, 1.54) is 48.5 Å². The number of carbonyl (C=O) groups excluding carboxylic acids is 6. The van der Waals surface area contributed by atoms with Crippen LogP contribution in [0.5, 0.6) is 34.5 Å². The van der Waals surface area contributed by atoms with Gasteiger partial charge in [0.1, 0.15) is 39.6 Å². The van der Waals surface area contributed by atoms with Crippen molar-refractivity contribution in [2.45, 2.75) is 41.5 Å². The van der Waals surface area contributed by atoms with E-state index in [9.17, 15) is 28.8 Å². The molecule has 0 aliphatic carbocycles. The average molecular weight is 1560 g/mol. The van der Waals surface area contributed by atoms with Crippen molar-refractivity contribution in [3.05, 3.63) is 81.9 Å². The monoisotopic (exact) mass is 1560 g/mol. The highest BCUT2D eigenvalue weighted by atomic mass is 16.6. The molecule has 0 unspecified atom stereocenters. The van der Waals surface area contributed by atoms with Gasteiger partial charge in [0.2, 0.25) is 11.5 Å². The minimum atomic E-state index is -1.00. The number of carbonyl (C=O) groups is 6. The number of benzene rings is 4. The van der Waals surface area contributed by atoms with Crippen LogP contribution in [0.15, 0.2) is 48.5 Å². The normalized spacial score (nSPS) is 12.6. The average Bonchev–Trinajstić information content (AvgIpc) is 0.712. The van der Waals surface area contributed by atoms with Gasteiger partial charge in [0.15, 0.2) is 23.0 Å². The Balaban J connectivity index is 1.23. The van der Waals surface area contributed by atoms with Crippen LogP contribution in [-0.2, 0) is 85.3 Å². The van der Waals surface area contributed by atoms with Crippen LogP contribution in [0.25, 0.3) is 10.8 Å². The molecule has 0 saturated carbocycles. The van der Waals surface area contributed by atoms with E-state index in [2.05, 4.69) is 10.9 Å². The van der Waals surface area contributed by atoms with Crippen molar-refractivity contribution in [1.82, 2.24) is 20.9 Å². The second-order valence-electron chi connectivity index (χ2n) is 23.1. The number of hydrogen-bond donors (Lipinski definition) is 2. The summed E-state index contributed by atoms with van der Waals surface area (Å²) in [5, 5.41) is 0.991. The molecule has 0 atom stereocenters. The molecule has 2 aliphatic heterocycles. The van der Waals surface area contributed by atoms with Crippen LogP contribution in [0.3, 0.4) is 0 Å². The lowest BCUT2D eigenvalue weighted by Crippen LogP contribution is -2.53. The Hall–Kier alpha value is -7.56. The summed E-state index contributed by atoms with van der Waals surface area (Å²) in [7, 11) is 0. The van der Waals surface area contributed by atoms with Crippen molar-refractivity contribution < 1.29 is 142 Å². The summed E-state index contributed by atoms with van der Waals surface area (Å²) in [5.74, 6) is -5.60. The molecule has 0 aromatic heterocycles.